The van der Waals surface area contributed by atoms with Gasteiger partial charge in [0, 0.05) is 13.1 Å². The van der Waals surface area contributed by atoms with Crippen molar-refractivity contribution in [2.45, 2.75) is 38.8 Å². The third-order valence-electron chi connectivity index (χ3n) is 3.91. The Morgan fingerprint density at radius 2 is 2.08 bits per heavy atom. The fourth-order valence-corrected chi connectivity index (χ4v) is 2.97. The van der Waals surface area contributed by atoms with E-state index in [2.05, 4.69) is 15.3 Å². The van der Waals surface area contributed by atoms with Crippen molar-refractivity contribution < 1.29 is 14.1 Å². The lowest BCUT2D eigenvalue weighted by molar-refractivity contribution is -0.670. The van der Waals surface area contributed by atoms with Gasteiger partial charge in [0.2, 0.25) is 10.7 Å². The van der Waals surface area contributed by atoms with Crippen LogP contribution in [0.2, 0.25) is 5.15 Å². The Balaban J connectivity index is 1.70. The second-order valence-electron chi connectivity index (χ2n) is 7.73. The molecular formula is C17H23ClN5O2+. The van der Waals surface area contributed by atoms with Crippen LogP contribution in [-0.4, -0.2) is 45.2 Å². The molecule has 134 valence electrons. The van der Waals surface area contributed by atoms with Gasteiger partial charge in [0.05, 0.1) is 12.6 Å². The number of carbonyl (C=O) groups excluding carboxylic acids is 1. The van der Waals surface area contributed by atoms with Crippen LogP contribution in [-0.2, 0) is 11.8 Å². The SMILES string of the molecule is C[n+]1cnc2ccc(NC3(C)CN(C(=O)OC(C)(C)C)C3)nc2c1Cl. The first kappa shape index (κ1) is 17.7. The highest BCUT2D eigenvalue weighted by Gasteiger charge is 2.43. The molecule has 0 saturated carbocycles. The summed E-state index contributed by atoms with van der Waals surface area (Å²) < 4.78 is 7.11. The number of halogens is 1. The van der Waals surface area contributed by atoms with Crippen molar-refractivity contribution >= 4 is 34.5 Å². The number of anilines is 1. The Kier molecular flexibility index (Phi) is 4.23. The first-order chi connectivity index (χ1) is 11.6. The first-order valence-electron chi connectivity index (χ1n) is 8.13. The van der Waals surface area contributed by atoms with E-state index in [4.69, 9.17) is 16.3 Å². The minimum absolute atomic E-state index is 0.256. The van der Waals surface area contributed by atoms with E-state index in [1.807, 2.05) is 46.9 Å². The van der Waals surface area contributed by atoms with Gasteiger partial charge in [-0.05, 0) is 56.4 Å². The minimum atomic E-state index is -0.490. The van der Waals surface area contributed by atoms with Gasteiger partial charge in [0.15, 0.2) is 5.52 Å². The number of nitrogens with zero attached hydrogens (tertiary/aromatic N) is 4. The normalized spacial score (nSPS) is 16.5. The molecule has 2 aromatic heterocycles. The number of rotatable bonds is 2. The number of aromatic nitrogens is 3. The Bertz CT molecular complexity index is 828. The fourth-order valence-electron chi connectivity index (χ4n) is 2.78. The second kappa shape index (κ2) is 5.98. The quantitative estimate of drug-likeness (QED) is 0.655. The van der Waals surface area contributed by atoms with Crippen molar-refractivity contribution in [1.82, 2.24) is 14.9 Å². The van der Waals surface area contributed by atoms with E-state index < -0.39 is 5.60 Å². The number of hydrogen-bond donors (Lipinski definition) is 1. The molecule has 1 fully saturated rings. The third kappa shape index (κ3) is 3.76. The standard InChI is InChI=1S/C17H23ClN5O2/c1-16(2,3)25-15(24)23-8-17(4,9-23)21-12-7-6-11-13(20-12)14(18)22(5)10-19-11/h6-7,10H,8-9H2,1-5H3,(H,20,21)/q+1. The largest absolute Gasteiger partial charge is 0.444 e. The minimum Gasteiger partial charge on any atom is -0.444 e. The van der Waals surface area contributed by atoms with Crippen molar-refractivity contribution in [3.8, 4) is 0 Å². The van der Waals surface area contributed by atoms with Crippen LogP contribution in [0, 0.1) is 0 Å². The van der Waals surface area contributed by atoms with Crippen molar-refractivity contribution in [3.63, 3.8) is 0 Å². The molecule has 0 spiro atoms. The third-order valence-corrected chi connectivity index (χ3v) is 4.36. The molecule has 0 aromatic carbocycles. The maximum atomic E-state index is 12.1. The smallest absolute Gasteiger partial charge is 0.410 e. The Labute approximate surface area is 152 Å². The lowest BCUT2D eigenvalue weighted by atomic mass is 9.92. The summed E-state index contributed by atoms with van der Waals surface area (Å²) in [4.78, 5) is 22.6. The van der Waals surface area contributed by atoms with Crippen molar-refractivity contribution in [2.24, 2.45) is 7.05 Å². The molecule has 7 nitrogen and oxygen atoms in total. The average molecular weight is 365 g/mol. The second-order valence-corrected chi connectivity index (χ2v) is 8.09. The molecule has 0 aliphatic carbocycles. The van der Waals surface area contributed by atoms with Crippen LogP contribution < -0.4 is 9.88 Å². The van der Waals surface area contributed by atoms with Crippen molar-refractivity contribution in [1.29, 1.82) is 0 Å². The molecule has 0 radical (unpaired) electrons. The maximum absolute atomic E-state index is 12.1. The molecule has 1 N–H and O–H groups in total. The van der Waals surface area contributed by atoms with E-state index >= 15 is 0 Å². The van der Waals surface area contributed by atoms with Gasteiger partial charge in [-0.1, -0.05) is 0 Å². The number of hydrogen-bond acceptors (Lipinski definition) is 5. The lowest BCUT2D eigenvalue weighted by Gasteiger charge is -2.48. The molecule has 1 aliphatic rings. The lowest BCUT2D eigenvalue weighted by Crippen LogP contribution is -2.66. The summed E-state index contributed by atoms with van der Waals surface area (Å²) in [5.74, 6) is 0.703. The van der Waals surface area contributed by atoms with Gasteiger partial charge in [0.25, 0.3) is 6.33 Å². The van der Waals surface area contributed by atoms with Gasteiger partial charge in [0.1, 0.15) is 11.4 Å². The predicted octanol–water partition coefficient (Wildman–Crippen LogP) is 2.53. The van der Waals surface area contributed by atoms with Crippen LogP contribution in [0.1, 0.15) is 27.7 Å². The fraction of sp³-hybridized carbons (Fsp3) is 0.529. The molecule has 2 aromatic rings. The van der Waals surface area contributed by atoms with Gasteiger partial charge in [-0.2, -0.15) is 0 Å². The maximum Gasteiger partial charge on any atom is 0.410 e. The molecule has 1 saturated heterocycles. The van der Waals surface area contributed by atoms with Crippen molar-refractivity contribution in [2.75, 3.05) is 18.4 Å². The zero-order valence-corrected chi connectivity index (χ0v) is 15.9. The molecule has 8 heteroatoms. The highest BCUT2D eigenvalue weighted by molar-refractivity contribution is 6.32. The highest BCUT2D eigenvalue weighted by atomic mass is 35.5. The molecule has 3 heterocycles. The van der Waals surface area contributed by atoms with E-state index in [1.165, 1.54) is 0 Å². The van der Waals surface area contributed by atoms with Crippen LogP contribution in [0.5, 0.6) is 0 Å². The number of aryl methyl sites for hydroxylation is 1. The van der Waals surface area contributed by atoms with Gasteiger partial charge < -0.3 is 15.0 Å². The molecular weight excluding hydrogens is 342 g/mol. The summed E-state index contributed by atoms with van der Waals surface area (Å²) in [6.07, 6.45) is 1.36. The Morgan fingerprint density at radius 1 is 1.40 bits per heavy atom. The first-order valence-corrected chi connectivity index (χ1v) is 8.51. The molecule has 25 heavy (non-hydrogen) atoms. The summed E-state index contributed by atoms with van der Waals surface area (Å²) in [6.45, 7) is 8.73. The van der Waals surface area contributed by atoms with Crippen LogP contribution >= 0.6 is 11.6 Å². The Hall–Kier alpha value is -2.15. The van der Waals surface area contributed by atoms with Gasteiger partial charge in [-0.15, -0.1) is 0 Å². The number of nitrogens with one attached hydrogen (secondary N) is 1. The number of pyridine rings is 1. The number of ether oxygens (including phenoxy) is 1. The number of amides is 1. The molecule has 0 bridgehead atoms. The zero-order valence-electron chi connectivity index (χ0n) is 15.1. The number of fused-ring (bicyclic) bond motifs is 1. The molecule has 3 rings (SSSR count). The summed E-state index contributed by atoms with van der Waals surface area (Å²) in [6, 6.07) is 3.75. The van der Waals surface area contributed by atoms with Crippen LogP contribution in [0.4, 0.5) is 10.6 Å². The zero-order chi connectivity index (χ0) is 18.4. The summed E-state index contributed by atoms with van der Waals surface area (Å²) in [5.41, 5.74) is 0.635. The van der Waals surface area contributed by atoms with Crippen LogP contribution in [0.25, 0.3) is 11.0 Å². The van der Waals surface area contributed by atoms with Gasteiger partial charge in [-0.25, -0.2) is 14.3 Å². The monoisotopic (exact) mass is 364 g/mol. The summed E-state index contributed by atoms with van der Waals surface area (Å²) >= 11 is 6.31. The van der Waals surface area contributed by atoms with Crippen LogP contribution in [0.15, 0.2) is 18.5 Å². The summed E-state index contributed by atoms with van der Waals surface area (Å²) in [7, 11) is 1.82. The molecule has 1 amide bonds. The molecule has 1 aliphatic heterocycles. The van der Waals surface area contributed by atoms with E-state index in [9.17, 15) is 4.79 Å². The molecule has 0 atom stereocenters. The van der Waals surface area contributed by atoms with E-state index in [0.29, 0.717) is 29.6 Å². The topological polar surface area (TPSA) is 71.2 Å². The highest BCUT2D eigenvalue weighted by Crippen LogP contribution is 2.27. The molecule has 0 unspecified atom stereocenters. The average Bonchev–Trinajstić information content (AvgIpc) is 2.47. The van der Waals surface area contributed by atoms with E-state index in [-0.39, 0.29) is 11.6 Å². The number of likely N-dealkylation sites (tertiary alicyclic amines) is 1. The van der Waals surface area contributed by atoms with E-state index in [0.717, 1.165) is 5.52 Å². The predicted molar refractivity (Wildman–Crippen MR) is 95.6 cm³/mol. The van der Waals surface area contributed by atoms with Gasteiger partial charge in [-0.3, -0.25) is 0 Å². The van der Waals surface area contributed by atoms with Crippen LogP contribution in [0.3, 0.4) is 0 Å². The van der Waals surface area contributed by atoms with Gasteiger partial charge >= 0.3 is 6.09 Å². The number of carbonyl (C=O) groups is 1. The van der Waals surface area contributed by atoms with Crippen molar-refractivity contribution in [3.05, 3.63) is 23.6 Å². The Morgan fingerprint density at radius 3 is 2.72 bits per heavy atom. The van der Waals surface area contributed by atoms with E-state index in [1.54, 1.807) is 15.8 Å². The summed E-state index contributed by atoms with van der Waals surface area (Å²) in [5, 5.41) is 3.92.